The summed E-state index contributed by atoms with van der Waals surface area (Å²) < 4.78 is 0. The van der Waals surface area contributed by atoms with Crippen molar-refractivity contribution >= 4 is 35.0 Å². The van der Waals surface area contributed by atoms with Crippen LogP contribution < -0.4 is 5.32 Å². The SMILES string of the molecule is CNC(C)(C#N)CCSc1ccc(Cl)c(Cl)c1. The number of hydrogen-bond acceptors (Lipinski definition) is 3. The van der Waals surface area contributed by atoms with Crippen LogP contribution in [0.25, 0.3) is 0 Å². The van der Waals surface area contributed by atoms with E-state index in [0.29, 0.717) is 10.0 Å². The van der Waals surface area contributed by atoms with Gasteiger partial charge in [0.2, 0.25) is 0 Å². The zero-order chi connectivity index (χ0) is 12.9. The summed E-state index contributed by atoms with van der Waals surface area (Å²) in [7, 11) is 1.80. The van der Waals surface area contributed by atoms with Gasteiger partial charge in [-0.25, -0.2) is 0 Å². The highest BCUT2D eigenvalue weighted by atomic mass is 35.5. The molecule has 0 radical (unpaired) electrons. The van der Waals surface area contributed by atoms with Crippen LogP contribution in [-0.4, -0.2) is 18.3 Å². The van der Waals surface area contributed by atoms with Crippen LogP contribution in [0.3, 0.4) is 0 Å². The quantitative estimate of drug-likeness (QED) is 0.833. The van der Waals surface area contributed by atoms with E-state index in [1.54, 1.807) is 24.9 Å². The van der Waals surface area contributed by atoms with E-state index in [4.69, 9.17) is 28.5 Å². The van der Waals surface area contributed by atoms with Gasteiger partial charge in [0.15, 0.2) is 0 Å². The Kier molecular flexibility index (Phi) is 5.61. The number of nitriles is 1. The lowest BCUT2D eigenvalue weighted by Gasteiger charge is -2.20. The Morgan fingerprint density at radius 3 is 2.65 bits per heavy atom. The normalized spacial score (nSPS) is 14.1. The molecule has 0 bridgehead atoms. The third kappa shape index (κ3) is 4.40. The molecule has 5 heteroatoms. The average molecular weight is 289 g/mol. The van der Waals surface area contributed by atoms with Crippen molar-refractivity contribution in [2.24, 2.45) is 0 Å². The van der Waals surface area contributed by atoms with Gasteiger partial charge in [-0.05, 0) is 38.6 Å². The number of nitrogens with one attached hydrogen (secondary N) is 1. The molecule has 1 aromatic carbocycles. The fourth-order valence-corrected chi connectivity index (χ4v) is 2.65. The summed E-state index contributed by atoms with van der Waals surface area (Å²) >= 11 is 13.4. The van der Waals surface area contributed by atoms with Crippen LogP contribution in [-0.2, 0) is 0 Å². The van der Waals surface area contributed by atoms with E-state index in [-0.39, 0.29) is 0 Å². The van der Waals surface area contributed by atoms with Crippen LogP contribution >= 0.6 is 35.0 Å². The van der Waals surface area contributed by atoms with Crippen molar-refractivity contribution in [1.29, 1.82) is 5.26 Å². The van der Waals surface area contributed by atoms with Crippen LogP contribution in [0.15, 0.2) is 23.1 Å². The summed E-state index contributed by atoms with van der Waals surface area (Å²) in [5, 5.41) is 13.1. The highest BCUT2D eigenvalue weighted by Crippen LogP contribution is 2.29. The maximum Gasteiger partial charge on any atom is 0.104 e. The van der Waals surface area contributed by atoms with E-state index in [0.717, 1.165) is 17.1 Å². The van der Waals surface area contributed by atoms with Crippen molar-refractivity contribution in [2.75, 3.05) is 12.8 Å². The number of rotatable bonds is 5. The van der Waals surface area contributed by atoms with Crippen LogP contribution in [0.5, 0.6) is 0 Å². The van der Waals surface area contributed by atoms with Crippen molar-refractivity contribution < 1.29 is 0 Å². The molecule has 0 aliphatic carbocycles. The predicted molar refractivity (Wildman–Crippen MR) is 74.9 cm³/mol. The third-order valence-corrected chi connectivity index (χ3v) is 4.29. The molecule has 1 aromatic rings. The average Bonchev–Trinajstić information content (AvgIpc) is 2.33. The Bertz CT molecular complexity index is 431. The molecule has 0 amide bonds. The molecule has 2 nitrogen and oxygen atoms in total. The first kappa shape index (κ1) is 14.7. The lowest BCUT2D eigenvalue weighted by Crippen LogP contribution is -2.38. The molecular formula is C12H14Cl2N2S. The van der Waals surface area contributed by atoms with Crippen molar-refractivity contribution in [3.05, 3.63) is 28.2 Å². The highest BCUT2D eigenvalue weighted by Gasteiger charge is 2.20. The standard InChI is InChI=1S/C12H14Cl2N2S/c1-12(8-15,16-2)5-6-17-9-3-4-10(13)11(14)7-9/h3-4,7,16H,5-6H2,1-2H3. The predicted octanol–water partition coefficient (Wildman–Crippen LogP) is 3.98. The highest BCUT2D eigenvalue weighted by molar-refractivity contribution is 7.99. The molecule has 0 heterocycles. The number of halogens is 2. The smallest absolute Gasteiger partial charge is 0.104 e. The molecule has 17 heavy (non-hydrogen) atoms. The van der Waals surface area contributed by atoms with Crippen LogP contribution in [0.1, 0.15) is 13.3 Å². The monoisotopic (exact) mass is 288 g/mol. The van der Waals surface area contributed by atoms with E-state index in [1.165, 1.54) is 0 Å². The van der Waals surface area contributed by atoms with E-state index in [9.17, 15) is 0 Å². The largest absolute Gasteiger partial charge is 0.303 e. The number of nitrogens with zero attached hydrogens (tertiary/aromatic N) is 1. The molecule has 0 saturated heterocycles. The lowest BCUT2D eigenvalue weighted by atomic mass is 10.0. The summed E-state index contributed by atoms with van der Waals surface area (Å²) in [5.74, 6) is 0.850. The van der Waals surface area contributed by atoms with Crippen molar-refractivity contribution in [2.45, 2.75) is 23.8 Å². The zero-order valence-electron chi connectivity index (χ0n) is 9.76. The van der Waals surface area contributed by atoms with Crippen LogP contribution in [0, 0.1) is 11.3 Å². The minimum absolute atomic E-state index is 0.469. The summed E-state index contributed by atoms with van der Waals surface area (Å²) in [4.78, 5) is 1.07. The number of hydrogen-bond donors (Lipinski definition) is 1. The molecule has 92 valence electrons. The van der Waals surface area contributed by atoms with Gasteiger partial charge in [-0.1, -0.05) is 23.2 Å². The molecule has 0 aliphatic heterocycles. The summed E-state index contributed by atoms with van der Waals surface area (Å²) in [5.41, 5.74) is -0.469. The minimum atomic E-state index is -0.469. The topological polar surface area (TPSA) is 35.8 Å². The number of thioether (sulfide) groups is 1. The zero-order valence-corrected chi connectivity index (χ0v) is 12.1. The van der Waals surface area contributed by atoms with Gasteiger partial charge in [-0.3, -0.25) is 0 Å². The molecule has 1 unspecified atom stereocenters. The lowest BCUT2D eigenvalue weighted by molar-refractivity contribution is 0.480. The molecule has 1 rings (SSSR count). The second-order valence-corrected chi connectivity index (χ2v) is 5.85. The summed E-state index contributed by atoms with van der Waals surface area (Å²) in [6.45, 7) is 1.89. The van der Waals surface area contributed by atoms with Crippen LogP contribution in [0.4, 0.5) is 0 Å². The summed E-state index contributed by atoms with van der Waals surface area (Å²) in [6, 6.07) is 7.83. The molecule has 0 saturated carbocycles. The van der Waals surface area contributed by atoms with Gasteiger partial charge in [0.05, 0.1) is 16.1 Å². The maximum absolute atomic E-state index is 9.00. The Hall–Kier alpha value is -0.400. The Balaban J connectivity index is 2.52. The van der Waals surface area contributed by atoms with Crippen molar-refractivity contribution in [3.8, 4) is 6.07 Å². The Labute approximate surface area is 116 Å². The molecule has 0 aromatic heterocycles. The molecule has 0 spiro atoms. The molecular weight excluding hydrogens is 275 g/mol. The van der Waals surface area contributed by atoms with Gasteiger partial charge in [-0.2, -0.15) is 5.26 Å². The maximum atomic E-state index is 9.00. The van der Waals surface area contributed by atoms with Gasteiger partial charge in [0, 0.05) is 10.6 Å². The summed E-state index contributed by atoms with van der Waals surface area (Å²) in [6.07, 6.45) is 0.769. The third-order valence-electron chi connectivity index (χ3n) is 2.56. The van der Waals surface area contributed by atoms with Gasteiger partial charge in [-0.15, -0.1) is 11.8 Å². The fraction of sp³-hybridized carbons (Fsp3) is 0.417. The van der Waals surface area contributed by atoms with Crippen LogP contribution in [0.2, 0.25) is 10.0 Å². The first-order chi connectivity index (χ1) is 8.00. The van der Waals surface area contributed by atoms with E-state index in [1.807, 2.05) is 19.1 Å². The second-order valence-electron chi connectivity index (χ2n) is 3.87. The molecule has 1 N–H and O–H groups in total. The van der Waals surface area contributed by atoms with E-state index >= 15 is 0 Å². The molecule has 0 aliphatic rings. The molecule has 0 fully saturated rings. The van der Waals surface area contributed by atoms with E-state index in [2.05, 4.69) is 11.4 Å². The van der Waals surface area contributed by atoms with E-state index < -0.39 is 5.54 Å². The fourth-order valence-electron chi connectivity index (χ4n) is 1.18. The number of benzene rings is 1. The van der Waals surface area contributed by atoms with Gasteiger partial charge >= 0.3 is 0 Å². The minimum Gasteiger partial charge on any atom is -0.303 e. The first-order valence-electron chi connectivity index (χ1n) is 5.19. The Morgan fingerprint density at radius 2 is 2.12 bits per heavy atom. The Morgan fingerprint density at radius 1 is 1.41 bits per heavy atom. The van der Waals surface area contributed by atoms with Gasteiger partial charge in [0.1, 0.15) is 5.54 Å². The van der Waals surface area contributed by atoms with Crippen molar-refractivity contribution in [3.63, 3.8) is 0 Å². The van der Waals surface area contributed by atoms with Gasteiger partial charge in [0.25, 0.3) is 0 Å². The first-order valence-corrected chi connectivity index (χ1v) is 6.93. The second kappa shape index (κ2) is 6.51. The van der Waals surface area contributed by atoms with Crippen molar-refractivity contribution in [1.82, 2.24) is 5.32 Å². The van der Waals surface area contributed by atoms with Gasteiger partial charge < -0.3 is 5.32 Å². The molecule has 1 atom stereocenters.